The van der Waals surface area contributed by atoms with Crippen molar-refractivity contribution in [1.29, 1.82) is 5.26 Å². The highest BCUT2D eigenvalue weighted by Gasteiger charge is 2.57. The van der Waals surface area contributed by atoms with Gasteiger partial charge < -0.3 is 14.9 Å². The average molecular weight is 490 g/mol. The Morgan fingerprint density at radius 2 is 1.83 bits per heavy atom. The molecule has 2 aromatic rings. The minimum absolute atomic E-state index is 0.0126. The number of amides is 3. The Hall–Kier alpha value is -4.14. The number of carboxylic acid groups (broad SMARTS) is 1. The second kappa shape index (κ2) is 8.57. The number of carbonyl (C=O) groups is 3. The van der Waals surface area contributed by atoms with E-state index in [2.05, 4.69) is 0 Å². The molecule has 3 amide bonds. The molecule has 0 aromatic heterocycles. The van der Waals surface area contributed by atoms with Gasteiger partial charge in [-0.15, -0.1) is 0 Å². The molecule has 8 nitrogen and oxygen atoms in total. The molecule has 1 spiro atoms. The molecule has 2 aliphatic heterocycles. The van der Waals surface area contributed by atoms with E-state index >= 15 is 0 Å². The van der Waals surface area contributed by atoms with Crippen LogP contribution in [0.1, 0.15) is 23.1 Å². The van der Waals surface area contributed by atoms with Gasteiger partial charge in [-0.2, -0.15) is 18.4 Å². The maximum absolute atomic E-state index is 14.7. The van der Waals surface area contributed by atoms with E-state index in [0.717, 1.165) is 28.0 Å². The summed E-state index contributed by atoms with van der Waals surface area (Å²) in [5.74, 6) is -2.23. The quantitative estimate of drug-likeness (QED) is 0.666. The van der Waals surface area contributed by atoms with Crippen LogP contribution in [0.3, 0.4) is 0 Å². The van der Waals surface area contributed by atoms with Crippen LogP contribution in [0.4, 0.5) is 28.0 Å². The molecule has 35 heavy (non-hydrogen) atoms. The minimum atomic E-state index is -4.55. The lowest BCUT2D eigenvalue weighted by Gasteiger charge is -2.47. The van der Waals surface area contributed by atoms with Crippen LogP contribution >= 0.6 is 0 Å². The lowest BCUT2D eigenvalue weighted by molar-refractivity contribution is -0.151. The van der Waals surface area contributed by atoms with Gasteiger partial charge in [0, 0.05) is 13.1 Å². The fourth-order valence-corrected chi connectivity index (χ4v) is 4.46. The summed E-state index contributed by atoms with van der Waals surface area (Å²) >= 11 is 0. The van der Waals surface area contributed by atoms with E-state index in [1.807, 2.05) is 0 Å². The molecule has 0 saturated carbocycles. The van der Waals surface area contributed by atoms with Crippen molar-refractivity contribution < 1.29 is 37.1 Å². The topological polar surface area (TPSA) is 105 Å². The van der Waals surface area contributed by atoms with Crippen molar-refractivity contribution >= 4 is 23.6 Å². The number of carbonyl (C=O) groups excluding carboxylic acids is 2. The number of alkyl halides is 3. The van der Waals surface area contributed by atoms with Crippen LogP contribution < -0.4 is 4.90 Å². The lowest BCUT2D eigenvalue weighted by Crippen LogP contribution is -2.69. The van der Waals surface area contributed by atoms with Crippen molar-refractivity contribution in [2.45, 2.75) is 24.7 Å². The van der Waals surface area contributed by atoms with E-state index < -0.39 is 47.5 Å². The summed E-state index contributed by atoms with van der Waals surface area (Å²) < 4.78 is 53.4. The summed E-state index contributed by atoms with van der Waals surface area (Å²) in [6.07, 6.45) is -5.92. The predicted molar refractivity (Wildman–Crippen MR) is 112 cm³/mol. The highest BCUT2D eigenvalue weighted by molar-refractivity contribution is 6.09. The van der Waals surface area contributed by atoms with Gasteiger partial charge in [-0.3, -0.25) is 14.5 Å². The maximum atomic E-state index is 14.7. The van der Waals surface area contributed by atoms with Gasteiger partial charge in [-0.25, -0.2) is 9.18 Å². The van der Waals surface area contributed by atoms with Crippen molar-refractivity contribution in [3.05, 3.63) is 65.0 Å². The molecule has 182 valence electrons. The summed E-state index contributed by atoms with van der Waals surface area (Å²) in [7, 11) is 0. The van der Waals surface area contributed by atoms with Crippen LogP contribution in [0.15, 0.2) is 42.5 Å². The molecule has 4 rings (SSSR count). The van der Waals surface area contributed by atoms with E-state index in [4.69, 9.17) is 5.26 Å². The molecule has 0 unspecified atom stereocenters. The molecule has 12 heteroatoms. The Morgan fingerprint density at radius 3 is 2.37 bits per heavy atom. The van der Waals surface area contributed by atoms with Gasteiger partial charge in [0.25, 0.3) is 5.91 Å². The number of hydrogen-bond acceptors (Lipinski definition) is 4. The highest BCUT2D eigenvalue weighted by atomic mass is 19.4. The average Bonchev–Trinajstić information content (AvgIpc) is 3.26. The van der Waals surface area contributed by atoms with Crippen LogP contribution in [0.25, 0.3) is 0 Å². The number of nitriles is 1. The van der Waals surface area contributed by atoms with Gasteiger partial charge in [0.05, 0.1) is 29.4 Å². The second-order valence-electron chi connectivity index (χ2n) is 8.33. The molecule has 0 bridgehead atoms. The summed E-state index contributed by atoms with van der Waals surface area (Å²) in [4.78, 5) is 41.6. The first-order valence-electron chi connectivity index (χ1n) is 10.4. The smallest absolute Gasteiger partial charge is 0.416 e. The molecule has 0 radical (unpaired) electrons. The van der Waals surface area contributed by atoms with Gasteiger partial charge in [0.1, 0.15) is 17.9 Å². The van der Waals surface area contributed by atoms with Crippen LogP contribution in [0.2, 0.25) is 0 Å². The first-order chi connectivity index (χ1) is 16.5. The van der Waals surface area contributed by atoms with E-state index in [9.17, 15) is 37.1 Å². The number of nitrogens with zero attached hydrogens (tertiary/aromatic N) is 4. The molecule has 2 saturated heterocycles. The number of likely N-dealkylation sites (tertiary alicyclic amines) is 1. The third kappa shape index (κ3) is 4.25. The van der Waals surface area contributed by atoms with Gasteiger partial charge in [0.15, 0.2) is 0 Å². The van der Waals surface area contributed by atoms with Gasteiger partial charge in [-0.05, 0) is 42.3 Å². The normalized spacial score (nSPS) is 20.5. The number of anilines is 1. The van der Waals surface area contributed by atoms with Crippen LogP contribution in [0.5, 0.6) is 0 Å². The van der Waals surface area contributed by atoms with Gasteiger partial charge >= 0.3 is 12.3 Å². The molecule has 2 aliphatic rings. The largest absolute Gasteiger partial charge is 0.465 e. The van der Waals surface area contributed by atoms with E-state index in [1.165, 1.54) is 29.2 Å². The Kier molecular flexibility index (Phi) is 5.88. The summed E-state index contributed by atoms with van der Waals surface area (Å²) in [6.45, 7) is -1.24. The van der Waals surface area contributed by atoms with Crippen LogP contribution in [-0.2, 0) is 22.3 Å². The molecule has 2 heterocycles. The number of piperazine rings is 1. The molecular formula is C23H18F4N4O4. The Bertz CT molecular complexity index is 1240. The molecule has 1 atom stereocenters. The molecular weight excluding hydrogens is 472 g/mol. The Balaban J connectivity index is 1.71. The van der Waals surface area contributed by atoms with Crippen LogP contribution in [-0.4, -0.2) is 58.0 Å². The summed E-state index contributed by atoms with van der Waals surface area (Å²) in [6, 6.07) is 9.26. The van der Waals surface area contributed by atoms with Crippen molar-refractivity contribution in [2.75, 3.05) is 24.5 Å². The fraction of sp³-hybridized carbons (Fsp3) is 0.304. The predicted octanol–water partition coefficient (Wildman–Crippen LogP) is 3.21. The Labute approximate surface area is 196 Å². The molecule has 2 aromatic carbocycles. The zero-order chi connectivity index (χ0) is 25.5. The second-order valence-corrected chi connectivity index (χ2v) is 8.33. The Morgan fingerprint density at radius 1 is 1.14 bits per heavy atom. The van der Waals surface area contributed by atoms with Crippen molar-refractivity contribution in [3.63, 3.8) is 0 Å². The van der Waals surface area contributed by atoms with Crippen LogP contribution in [0, 0.1) is 17.1 Å². The first kappa shape index (κ1) is 24.0. The zero-order valence-electron chi connectivity index (χ0n) is 18.0. The SMILES string of the molecule is N#Cc1ccc(N2CC(=O)N(Cc3ccc(C(F)(F)F)cc3)[C@]3(CCN(C(=O)O)C3)C2=O)c(F)c1. The van der Waals surface area contributed by atoms with Crippen molar-refractivity contribution in [3.8, 4) is 6.07 Å². The minimum Gasteiger partial charge on any atom is -0.465 e. The lowest BCUT2D eigenvalue weighted by atomic mass is 9.89. The summed E-state index contributed by atoms with van der Waals surface area (Å²) in [5, 5.41) is 18.4. The van der Waals surface area contributed by atoms with Crippen molar-refractivity contribution in [1.82, 2.24) is 9.80 Å². The number of halogens is 4. The van der Waals surface area contributed by atoms with Gasteiger partial charge in [-0.1, -0.05) is 12.1 Å². The molecule has 1 N–H and O–H groups in total. The number of benzene rings is 2. The van der Waals surface area contributed by atoms with E-state index in [0.29, 0.717) is 5.56 Å². The zero-order valence-corrected chi connectivity index (χ0v) is 18.0. The summed E-state index contributed by atoms with van der Waals surface area (Å²) in [5.41, 5.74) is -2.46. The van der Waals surface area contributed by atoms with Crippen molar-refractivity contribution in [2.24, 2.45) is 0 Å². The third-order valence-electron chi connectivity index (χ3n) is 6.26. The van der Waals surface area contributed by atoms with Gasteiger partial charge in [0.2, 0.25) is 5.91 Å². The molecule has 2 fully saturated rings. The van der Waals surface area contributed by atoms with E-state index in [1.54, 1.807) is 6.07 Å². The number of hydrogen-bond donors (Lipinski definition) is 1. The third-order valence-corrected chi connectivity index (χ3v) is 6.26. The first-order valence-corrected chi connectivity index (χ1v) is 10.4. The standard InChI is InChI=1S/C23H18F4N4O4/c24-17-9-15(10-28)3-6-18(17)30-12-19(32)31(11-14-1-4-16(5-2-14)23(25,26)27)22(20(30)33)7-8-29(13-22)21(34)35/h1-6,9H,7-8,11-13H2,(H,34,35)/t22-/m0/s1. The van der Waals surface area contributed by atoms with E-state index in [-0.39, 0.29) is 37.3 Å². The maximum Gasteiger partial charge on any atom is 0.416 e. The number of rotatable bonds is 3. The fourth-order valence-electron chi connectivity index (χ4n) is 4.46. The molecule has 0 aliphatic carbocycles. The monoisotopic (exact) mass is 490 g/mol. The highest BCUT2D eigenvalue weighted by Crippen LogP contribution is 2.38.